The number of fused-ring (bicyclic) bond motifs is 1. The lowest BCUT2D eigenvalue weighted by Gasteiger charge is -2.22. The van der Waals surface area contributed by atoms with Crippen LogP contribution < -0.4 is 4.74 Å². The van der Waals surface area contributed by atoms with E-state index in [2.05, 4.69) is 9.97 Å². The van der Waals surface area contributed by atoms with Gasteiger partial charge in [0.05, 0.1) is 21.3 Å². The molecule has 2 aromatic heterocycles. The zero-order valence-electron chi connectivity index (χ0n) is 16.0. The molecule has 148 valence electrons. The third kappa shape index (κ3) is 4.18. The second kappa shape index (κ2) is 8.28. The van der Waals surface area contributed by atoms with Gasteiger partial charge in [0, 0.05) is 25.8 Å². The van der Waals surface area contributed by atoms with E-state index < -0.39 is 0 Å². The maximum Gasteiger partial charge on any atom is 0.275 e. The fraction of sp³-hybridized carbons (Fsp3) is 0.450. The van der Waals surface area contributed by atoms with Crippen molar-refractivity contribution in [3.05, 3.63) is 41.1 Å². The van der Waals surface area contributed by atoms with E-state index in [0.717, 1.165) is 34.7 Å². The number of ether oxygens (including phenoxy) is 2. The van der Waals surface area contributed by atoms with Crippen molar-refractivity contribution in [3.8, 4) is 5.75 Å². The predicted molar refractivity (Wildman–Crippen MR) is 106 cm³/mol. The van der Waals surface area contributed by atoms with E-state index in [1.54, 1.807) is 16.2 Å². The highest BCUT2D eigenvalue weighted by Gasteiger charge is 2.24. The molecule has 0 saturated carbocycles. The monoisotopic (exact) mass is 401 g/mol. The molecule has 1 saturated heterocycles. The Hall–Kier alpha value is -2.45. The fourth-order valence-corrected chi connectivity index (χ4v) is 4.09. The molecule has 3 heterocycles. The Morgan fingerprint density at radius 3 is 3.07 bits per heavy atom. The number of thiazole rings is 1. The summed E-state index contributed by atoms with van der Waals surface area (Å²) in [5.74, 6) is 0.913. The molecule has 1 amide bonds. The molecule has 8 heteroatoms. The molecule has 0 N–H and O–H groups in total. The van der Waals surface area contributed by atoms with Crippen molar-refractivity contribution < 1.29 is 18.7 Å². The smallest absolute Gasteiger partial charge is 0.275 e. The molecule has 28 heavy (non-hydrogen) atoms. The van der Waals surface area contributed by atoms with E-state index >= 15 is 0 Å². The highest BCUT2D eigenvalue weighted by Crippen LogP contribution is 2.26. The van der Waals surface area contributed by atoms with E-state index in [-0.39, 0.29) is 18.6 Å². The Balaban J connectivity index is 1.37. The van der Waals surface area contributed by atoms with E-state index in [9.17, 15) is 4.79 Å². The standard InChI is InChI=1S/C20H23N3O4S/c1-3-23(10-15-5-4-8-25-15)20(24)17-11-27-19(22-17)12-26-14-6-7-18-16(9-14)21-13(2)28-18/h6-7,9,11,15H,3-5,8,10,12H2,1-2H3/t15-/m1/s1. The number of aryl methyl sites for hydroxylation is 1. The van der Waals surface area contributed by atoms with Gasteiger partial charge in [0.1, 0.15) is 12.0 Å². The Morgan fingerprint density at radius 1 is 1.39 bits per heavy atom. The number of aromatic nitrogens is 2. The second-order valence-corrected chi connectivity index (χ2v) is 7.99. The van der Waals surface area contributed by atoms with Gasteiger partial charge >= 0.3 is 0 Å². The average molecular weight is 401 g/mol. The molecule has 7 nitrogen and oxygen atoms in total. The number of nitrogens with zero attached hydrogens (tertiary/aromatic N) is 3. The largest absolute Gasteiger partial charge is 0.484 e. The summed E-state index contributed by atoms with van der Waals surface area (Å²) < 4.78 is 18.0. The molecule has 0 unspecified atom stereocenters. The highest BCUT2D eigenvalue weighted by molar-refractivity contribution is 7.18. The second-order valence-electron chi connectivity index (χ2n) is 6.76. The summed E-state index contributed by atoms with van der Waals surface area (Å²) in [5.41, 5.74) is 1.21. The molecule has 0 aliphatic carbocycles. The third-order valence-electron chi connectivity index (χ3n) is 4.72. The van der Waals surface area contributed by atoms with E-state index in [1.807, 2.05) is 32.0 Å². The van der Waals surface area contributed by atoms with Crippen molar-refractivity contribution in [2.24, 2.45) is 0 Å². The number of carbonyl (C=O) groups is 1. The zero-order valence-corrected chi connectivity index (χ0v) is 16.8. The van der Waals surface area contributed by atoms with Gasteiger partial charge < -0.3 is 18.8 Å². The molecule has 1 fully saturated rings. The molecule has 1 aromatic carbocycles. The van der Waals surface area contributed by atoms with Crippen molar-refractivity contribution >= 4 is 27.5 Å². The lowest BCUT2D eigenvalue weighted by atomic mass is 10.2. The zero-order chi connectivity index (χ0) is 19.5. The van der Waals surface area contributed by atoms with Crippen LogP contribution in [0.2, 0.25) is 0 Å². The van der Waals surface area contributed by atoms with Gasteiger partial charge in [-0.25, -0.2) is 9.97 Å². The maximum absolute atomic E-state index is 12.7. The van der Waals surface area contributed by atoms with Crippen molar-refractivity contribution in [2.75, 3.05) is 19.7 Å². The minimum absolute atomic E-state index is 0.114. The molecule has 0 radical (unpaired) electrons. The van der Waals surface area contributed by atoms with Gasteiger partial charge in [0.25, 0.3) is 5.91 Å². The van der Waals surface area contributed by atoms with E-state index in [1.165, 1.54) is 6.26 Å². The molecule has 4 rings (SSSR count). The first-order chi connectivity index (χ1) is 13.6. The molecule has 3 aromatic rings. The maximum atomic E-state index is 12.7. The first kappa shape index (κ1) is 18.9. The molecule has 1 atom stereocenters. The van der Waals surface area contributed by atoms with Gasteiger partial charge in [-0.3, -0.25) is 4.79 Å². The van der Waals surface area contributed by atoms with Gasteiger partial charge in [0.15, 0.2) is 12.3 Å². The molecular weight excluding hydrogens is 378 g/mol. The average Bonchev–Trinajstić information content (AvgIpc) is 3.43. The summed E-state index contributed by atoms with van der Waals surface area (Å²) in [6, 6.07) is 5.79. The van der Waals surface area contributed by atoms with Crippen LogP contribution in [0.5, 0.6) is 5.75 Å². The van der Waals surface area contributed by atoms with Crippen LogP contribution in [-0.4, -0.2) is 46.6 Å². The Morgan fingerprint density at radius 2 is 2.29 bits per heavy atom. The number of oxazole rings is 1. The molecule has 0 bridgehead atoms. The van der Waals surface area contributed by atoms with Crippen molar-refractivity contribution in [1.29, 1.82) is 0 Å². The first-order valence-electron chi connectivity index (χ1n) is 9.47. The van der Waals surface area contributed by atoms with Crippen LogP contribution in [0, 0.1) is 6.92 Å². The quantitative estimate of drug-likeness (QED) is 0.599. The summed E-state index contributed by atoms with van der Waals surface area (Å²) in [4.78, 5) is 23.2. The predicted octanol–water partition coefficient (Wildman–Crippen LogP) is 3.81. The van der Waals surface area contributed by atoms with Crippen LogP contribution in [0.15, 0.2) is 28.9 Å². The molecule has 0 spiro atoms. The van der Waals surface area contributed by atoms with Crippen molar-refractivity contribution in [2.45, 2.75) is 39.4 Å². The Kier molecular flexibility index (Phi) is 5.59. The first-order valence-corrected chi connectivity index (χ1v) is 10.3. The topological polar surface area (TPSA) is 77.7 Å². The van der Waals surface area contributed by atoms with E-state index in [4.69, 9.17) is 13.9 Å². The van der Waals surface area contributed by atoms with Crippen LogP contribution in [0.1, 0.15) is 41.2 Å². The molecular formula is C20H23N3O4S. The van der Waals surface area contributed by atoms with Gasteiger partial charge in [0.2, 0.25) is 5.89 Å². The van der Waals surface area contributed by atoms with Gasteiger partial charge in [-0.2, -0.15) is 0 Å². The minimum Gasteiger partial charge on any atom is -0.484 e. The number of likely N-dealkylation sites (N-methyl/N-ethyl adjacent to an activating group) is 1. The number of hydrogen-bond donors (Lipinski definition) is 0. The number of rotatable bonds is 7. The number of benzene rings is 1. The van der Waals surface area contributed by atoms with Crippen LogP contribution in [0.4, 0.5) is 0 Å². The molecule has 1 aliphatic rings. The number of carbonyl (C=O) groups excluding carboxylic acids is 1. The number of hydrogen-bond acceptors (Lipinski definition) is 7. The lowest BCUT2D eigenvalue weighted by molar-refractivity contribution is 0.0534. The van der Waals surface area contributed by atoms with Gasteiger partial charge in [-0.05, 0) is 38.8 Å². The SMILES string of the molecule is CCN(C[C@H]1CCCO1)C(=O)c1coc(COc2ccc3sc(C)nc3c2)n1. The normalized spacial score (nSPS) is 16.6. The van der Waals surface area contributed by atoms with Gasteiger partial charge in [-0.15, -0.1) is 11.3 Å². The highest BCUT2D eigenvalue weighted by atomic mass is 32.1. The minimum atomic E-state index is -0.146. The van der Waals surface area contributed by atoms with Crippen LogP contribution in [0.3, 0.4) is 0 Å². The van der Waals surface area contributed by atoms with Crippen LogP contribution in [-0.2, 0) is 11.3 Å². The van der Waals surface area contributed by atoms with E-state index in [0.29, 0.717) is 30.4 Å². The molecule has 1 aliphatic heterocycles. The van der Waals surface area contributed by atoms with Crippen LogP contribution >= 0.6 is 11.3 Å². The Bertz CT molecular complexity index is 961. The van der Waals surface area contributed by atoms with Crippen LogP contribution in [0.25, 0.3) is 10.2 Å². The fourth-order valence-electron chi connectivity index (χ4n) is 3.28. The van der Waals surface area contributed by atoms with Crippen molar-refractivity contribution in [3.63, 3.8) is 0 Å². The third-order valence-corrected chi connectivity index (χ3v) is 5.67. The summed E-state index contributed by atoms with van der Waals surface area (Å²) in [6.45, 7) is 6.04. The van der Waals surface area contributed by atoms with Gasteiger partial charge in [-0.1, -0.05) is 0 Å². The van der Waals surface area contributed by atoms with Crippen molar-refractivity contribution in [1.82, 2.24) is 14.9 Å². The summed E-state index contributed by atoms with van der Waals surface area (Å²) >= 11 is 1.65. The summed E-state index contributed by atoms with van der Waals surface area (Å²) in [7, 11) is 0. The summed E-state index contributed by atoms with van der Waals surface area (Å²) in [5, 5.41) is 1.02. The Labute approximate surface area is 167 Å². The number of amides is 1. The lowest BCUT2D eigenvalue weighted by Crippen LogP contribution is -2.37. The summed E-state index contributed by atoms with van der Waals surface area (Å²) in [6.07, 6.45) is 3.55.